The van der Waals surface area contributed by atoms with Gasteiger partial charge in [-0.05, 0) is 52.7 Å². The molecule has 138 valence electrons. The molecule has 3 aromatic carbocycles. The SMILES string of the molecule is Nc1ncccc1C(=O)NCc1ccc(Oc2ccc3ccccc3c2)cc1. The first-order valence-corrected chi connectivity index (χ1v) is 8.93. The molecule has 1 amide bonds. The van der Waals surface area contributed by atoms with Crippen molar-refractivity contribution in [1.29, 1.82) is 0 Å². The number of nitrogen functional groups attached to an aromatic ring is 1. The van der Waals surface area contributed by atoms with Crippen LogP contribution in [0.2, 0.25) is 0 Å². The highest BCUT2D eigenvalue weighted by Gasteiger charge is 2.09. The number of anilines is 1. The summed E-state index contributed by atoms with van der Waals surface area (Å²) in [6.07, 6.45) is 1.56. The molecule has 28 heavy (non-hydrogen) atoms. The van der Waals surface area contributed by atoms with E-state index in [4.69, 9.17) is 10.5 Å². The zero-order chi connectivity index (χ0) is 19.3. The van der Waals surface area contributed by atoms with Crippen LogP contribution in [-0.2, 0) is 6.54 Å². The lowest BCUT2D eigenvalue weighted by Gasteiger charge is -2.09. The molecule has 0 bridgehead atoms. The third-order valence-corrected chi connectivity index (χ3v) is 4.42. The van der Waals surface area contributed by atoms with E-state index in [2.05, 4.69) is 22.4 Å². The van der Waals surface area contributed by atoms with Gasteiger partial charge in [0.25, 0.3) is 5.91 Å². The zero-order valence-corrected chi connectivity index (χ0v) is 15.1. The van der Waals surface area contributed by atoms with Crippen LogP contribution in [0, 0.1) is 0 Å². The van der Waals surface area contributed by atoms with Gasteiger partial charge in [-0.3, -0.25) is 4.79 Å². The lowest BCUT2D eigenvalue weighted by atomic mass is 10.1. The number of rotatable bonds is 5. The summed E-state index contributed by atoms with van der Waals surface area (Å²) in [7, 11) is 0. The molecule has 0 aliphatic heterocycles. The fraction of sp³-hybridized carbons (Fsp3) is 0.0435. The van der Waals surface area contributed by atoms with Crippen molar-refractivity contribution in [2.45, 2.75) is 6.54 Å². The van der Waals surface area contributed by atoms with Gasteiger partial charge in [-0.15, -0.1) is 0 Å². The van der Waals surface area contributed by atoms with Gasteiger partial charge >= 0.3 is 0 Å². The number of amides is 1. The minimum atomic E-state index is -0.248. The summed E-state index contributed by atoms with van der Waals surface area (Å²) in [5, 5.41) is 5.16. The summed E-state index contributed by atoms with van der Waals surface area (Å²) in [5.41, 5.74) is 7.06. The molecule has 0 radical (unpaired) electrons. The second-order valence-electron chi connectivity index (χ2n) is 6.37. The molecule has 0 saturated carbocycles. The Bertz CT molecular complexity index is 1120. The van der Waals surface area contributed by atoms with Crippen LogP contribution >= 0.6 is 0 Å². The van der Waals surface area contributed by atoms with E-state index >= 15 is 0 Å². The van der Waals surface area contributed by atoms with Gasteiger partial charge in [-0.2, -0.15) is 0 Å². The fourth-order valence-corrected chi connectivity index (χ4v) is 2.93. The van der Waals surface area contributed by atoms with Crippen LogP contribution in [0.25, 0.3) is 10.8 Å². The summed E-state index contributed by atoms with van der Waals surface area (Å²) < 4.78 is 5.94. The highest BCUT2D eigenvalue weighted by atomic mass is 16.5. The second kappa shape index (κ2) is 7.80. The number of carbonyl (C=O) groups is 1. The predicted molar refractivity (Wildman–Crippen MR) is 110 cm³/mol. The molecule has 1 heterocycles. The maximum absolute atomic E-state index is 12.2. The number of hydrogen-bond acceptors (Lipinski definition) is 4. The molecule has 0 saturated heterocycles. The first-order valence-electron chi connectivity index (χ1n) is 8.93. The molecule has 5 nitrogen and oxygen atoms in total. The van der Waals surface area contributed by atoms with Crippen molar-refractivity contribution >= 4 is 22.5 Å². The van der Waals surface area contributed by atoms with Crippen molar-refractivity contribution in [1.82, 2.24) is 10.3 Å². The Morgan fingerprint density at radius 1 is 0.893 bits per heavy atom. The molecule has 0 fully saturated rings. The number of benzene rings is 3. The van der Waals surface area contributed by atoms with Gasteiger partial charge in [0.2, 0.25) is 0 Å². The van der Waals surface area contributed by atoms with E-state index in [1.807, 2.05) is 54.6 Å². The van der Waals surface area contributed by atoms with Crippen molar-refractivity contribution in [2.75, 3.05) is 5.73 Å². The van der Waals surface area contributed by atoms with Crippen molar-refractivity contribution < 1.29 is 9.53 Å². The van der Waals surface area contributed by atoms with Crippen LogP contribution in [0.3, 0.4) is 0 Å². The quantitative estimate of drug-likeness (QED) is 0.541. The molecule has 4 aromatic rings. The van der Waals surface area contributed by atoms with Gasteiger partial charge in [-0.25, -0.2) is 4.98 Å². The van der Waals surface area contributed by atoms with E-state index in [-0.39, 0.29) is 11.7 Å². The number of hydrogen-bond donors (Lipinski definition) is 2. The molecule has 0 spiro atoms. The van der Waals surface area contributed by atoms with Gasteiger partial charge in [0.1, 0.15) is 17.3 Å². The summed E-state index contributed by atoms with van der Waals surface area (Å²) in [4.78, 5) is 16.1. The standard InChI is InChI=1S/C23H19N3O2/c24-22-21(6-3-13-25-22)23(27)26-15-16-7-10-19(11-8-16)28-20-12-9-17-4-1-2-5-18(17)14-20/h1-14H,15H2,(H2,24,25)(H,26,27). The molecular weight excluding hydrogens is 350 g/mol. The highest BCUT2D eigenvalue weighted by Crippen LogP contribution is 2.25. The lowest BCUT2D eigenvalue weighted by Crippen LogP contribution is -2.24. The normalized spacial score (nSPS) is 10.6. The smallest absolute Gasteiger partial charge is 0.255 e. The molecule has 0 aliphatic carbocycles. The van der Waals surface area contributed by atoms with Crippen molar-refractivity contribution in [3.63, 3.8) is 0 Å². The van der Waals surface area contributed by atoms with Crippen molar-refractivity contribution in [3.05, 3.63) is 96.2 Å². The van der Waals surface area contributed by atoms with E-state index in [1.54, 1.807) is 18.3 Å². The Morgan fingerprint density at radius 2 is 1.64 bits per heavy atom. The molecule has 5 heteroatoms. The Labute approximate surface area is 162 Å². The Kier molecular flexibility index (Phi) is 4.89. The zero-order valence-electron chi connectivity index (χ0n) is 15.1. The maximum Gasteiger partial charge on any atom is 0.255 e. The van der Waals surface area contributed by atoms with Crippen LogP contribution in [0.1, 0.15) is 15.9 Å². The number of nitrogens with two attached hydrogens (primary N) is 1. The van der Waals surface area contributed by atoms with E-state index in [9.17, 15) is 4.79 Å². The second-order valence-corrected chi connectivity index (χ2v) is 6.37. The predicted octanol–water partition coefficient (Wildman–Crippen LogP) is 4.54. The number of aromatic nitrogens is 1. The molecule has 1 aromatic heterocycles. The average molecular weight is 369 g/mol. The van der Waals surface area contributed by atoms with E-state index < -0.39 is 0 Å². The molecule has 0 aliphatic rings. The Morgan fingerprint density at radius 3 is 2.43 bits per heavy atom. The number of ether oxygens (including phenoxy) is 1. The molecule has 0 unspecified atom stereocenters. The molecule has 3 N–H and O–H groups in total. The summed E-state index contributed by atoms with van der Waals surface area (Å²) >= 11 is 0. The molecule has 0 atom stereocenters. The van der Waals surface area contributed by atoms with E-state index in [0.717, 1.165) is 22.4 Å². The van der Waals surface area contributed by atoms with E-state index in [0.29, 0.717) is 12.1 Å². The topological polar surface area (TPSA) is 77.2 Å². The summed E-state index contributed by atoms with van der Waals surface area (Å²) in [6, 6.07) is 25.1. The van der Waals surface area contributed by atoms with Crippen LogP contribution in [-0.4, -0.2) is 10.9 Å². The lowest BCUT2D eigenvalue weighted by molar-refractivity contribution is 0.0951. The summed E-state index contributed by atoms with van der Waals surface area (Å²) in [6.45, 7) is 0.392. The average Bonchev–Trinajstić information content (AvgIpc) is 2.73. The van der Waals surface area contributed by atoms with Crippen molar-refractivity contribution in [2.24, 2.45) is 0 Å². The van der Waals surface area contributed by atoms with Gasteiger partial charge in [0.05, 0.1) is 5.56 Å². The van der Waals surface area contributed by atoms with Gasteiger partial charge in [-0.1, -0.05) is 42.5 Å². The number of fused-ring (bicyclic) bond motifs is 1. The molecular formula is C23H19N3O2. The monoisotopic (exact) mass is 369 g/mol. The van der Waals surface area contributed by atoms with Crippen LogP contribution in [0.15, 0.2) is 85.1 Å². The minimum Gasteiger partial charge on any atom is -0.457 e. The highest BCUT2D eigenvalue weighted by molar-refractivity contribution is 5.98. The Balaban J connectivity index is 1.39. The third kappa shape index (κ3) is 3.94. The number of pyridine rings is 1. The van der Waals surface area contributed by atoms with Gasteiger partial charge in [0.15, 0.2) is 0 Å². The van der Waals surface area contributed by atoms with Gasteiger partial charge in [0, 0.05) is 12.7 Å². The maximum atomic E-state index is 12.2. The first kappa shape index (κ1) is 17.5. The first-order chi connectivity index (χ1) is 13.7. The molecule has 4 rings (SSSR count). The Hall–Kier alpha value is -3.86. The minimum absolute atomic E-state index is 0.221. The van der Waals surface area contributed by atoms with E-state index in [1.165, 1.54) is 5.39 Å². The summed E-state index contributed by atoms with van der Waals surface area (Å²) in [5.74, 6) is 1.50. The van der Waals surface area contributed by atoms with Gasteiger partial charge < -0.3 is 15.8 Å². The van der Waals surface area contributed by atoms with Crippen LogP contribution < -0.4 is 15.8 Å². The van der Waals surface area contributed by atoms with Crippen molar-refractivity contribution in [3.8, 4) is 11.5 Å². The third-order valence-electron chi connectivity index (χ3n) is 4.42. The fourth-order valence-electron chi connectivity index (χ4n) is 2.93. The number of nitrogens with zero attached hydrogens (tertiary/aromatic N) is 1. The van der Waals surface area contributed by atoms with Crippen LogP contribution in [0.5, 0.6) is 11.5 Å². The van der Waals surface area contributed by atoms with Crippen LogP contribution in [0.4, 0.5) is 5.82 Å². The number of nitrogens with one attached hydrogen (secondary N) is 1. The largest absolute Gasteiger partial charge is 0.457 e. The number of carbonyl (C=O) groups excluding carboxylic acids is 1.